The minimum Gasteiger partial charge on any atom is -0.366 e. The van der Waals surface area contributed by atoms with Crippen LogP contribution in [0.3, 0.4) is 0 Å². The molecule has 0 bridgehead atoms. The van der Waals surface area contributed by atoms with Crippen molar-refractivity contribution < 1.29 is 0 Å². The number of aromatic nitrogens is 3. The zero-order valence-corrected chi connectivity index (χ0v) is 13.4. The molecule has 0 amide bonds. The van der Waals surface area contributed by atoms with Crippen LogP contribution in [0.4, 0.5) is 5.82 Å². The Morgan fingerprint density at radius 3 is 3.00 bits per heavy atom. The molecule has 1 atom stereocenters. The molecule has 5 nitrogen and oxygen atoms in total. The molecular weight excluding hydrogens is 282 g/mol. The summed E-state index contributed by atoms with van der Waals surface area (Å²) in [5, 5.41) is 3.54. The molecular formula is C15H21N5S. The average Bonchev–Trinajstić information content (AvgIpc) is 2.85. The highest BCUT2D eigenvalue weighted by atomic mass is 32.1. The summed E-state index contributed by atoms with van der Waals surface area (Å²) in [5.41, 5.74) is 4.11. The van der Waals surface area contributed by atoms with E-state index in [1.54, 1.807) is 17.7 Å². The van der Waals surface area contributed by atoms with Crippen LogP contribution in [-0.2, 0) is 6.54 Å². The van der Waals surface area contributed by atoms with Crippen LogP contribution in [0.1, 0.15) is 29.1 Å². The minimum atomic E-state index is 0.460. The van der Waals surface area contributed by atoms with Crippen LogP contribution < -0.4 is 5.32 Å². The fourth-order valence-electron chi connectivity index (χ4n) is 2.74. The van der Waals surface area contributed by atoms with Gasteiger partial charge in [0.05, 0.1) is 11.2 Å². The zero-order valence-electron chi connectivity index (χ0n) is 12.5. The summed E-state index contributed by atoms with van der Waals surface area (Å²) in [7, 11) is 0. The van der Waals surface area contributed by atoms with Crippen LogP contribution in [0.5, 0.6) is 0 Å². The molecule has 3 heterocycles. The fourth-order valence-corrected chi connectivity index (χ4v) is 3.56. The summed E-state index contributed by atoms with van der Waals surface area (Å²) >= 11 is 1.76. The third kappa shape index (κ3) is 3.77. The number of nitrogens with one attached hydrogen (secondary N) is 1. The Morgan fingerprint density at radius 2 is 2.24 bits per heavy atom. The van der Waals surface area contributed by atoms with Gasteiger partial charge in [-0.2, -0.15) is 0 Å². The van der Waals surface area contributed by atoms with Gasteiger partial charge in [0.25, 0.3) is 0 Å². The van der Waals surface area contributed by atoms with Crippen molar-refractivity contribution >= 4 is 17.2 Å². The van der Waals surface area contributed by atoms with Crippen molar-refractivity contribution in [3.05, 3.63) is 34.2 Å². The summed E-state index contributed by atoms with van der Waals surface area (Å²) in [6.07, 6.45) is 4.04. The molecule has 21 heavy (non-hydrogen) atoms. The molecule has 6 heteroatoms. The maximum Gasteiger partial charge on any atom is 0.129 e. The fraction of sp³-hybridized carbons (Fsp3) is 0.533. The Balaban J connectivity index is 1.59. The predicted octanol–water partition coefficient (Wildman–Crippen LogP) is 2.63. The van der Waals surface area contributed by atoms with Crippen LogP contribution in [-0.4, -0.2) is 39.0 Å². The molecule has 2 aromatic rings. The first-order valence-corrected chi connectivity index (χ1v) is 8.25. The number of anilines is 1. The molecule has 3 rings (SSSR count). The normalized spacial score (nSPS) is 19.6. The van der Waals surface area contributed by atoms with Crippen LogP contribution in [0, 0.1) is 13.8 Å². The molecule has 1 saturated heterocycles. The molecule has 112 valence electrons. The number of nitrogens with zero attached hydrogens (tertiary/aromatic N) is 4. The second-order valence-corrected chi connectivity index (χ2v) is 6.56. The topological polar surface area (TPSA) is 53.9 Å². The average molecular weight is 303 g/mol. The smallest absolute Gasteiger partial charge is 0.129 e. The van der Waals surface area contributed by atoms with Gasteiger partial charge >= 0.3 is 0 Å². The second kappa shape index (κ2) is 6.49. The van der Waals surface area contributed by atoms with Crippen LogP contribution in [0.25, 0.3) is 0 Å². The quantitative estimate of drug-likeness (QED) is 0.941. The molecule has 0 spiro atoms. The number of aryl methyl sites for hydroxylation is 2. The molecule has 1 aliphatic heterocycles. The van der Waals surface area contributed by atoms with E-state index in [2.05, 4.69) is 32.1 Å². The lowest BCUT2D eigenvalue weighted by atomic mass is 10.1. The molecule has 1 fully saturated rings. The number of piperidine rings is 1. The summed E-state index contributed by atoms with van der Waals surface area (Å²) in [6, 6.07) is 2.47. The number of rotatable bonds is 4. The summed E-state index contributed by atoms with van der Waals surface area (Å²) in [4.78, 5) is 16.7. The monoisotopic (exact) mass is 303 g/mol. The molecule has 0 saturated carbocycles. The van der Waals surface area contributed by atoms with Crippen molar-refractivity contribution in [3.63, 3.8) is 0 Å². The lowest BCUT2D eigenvalue weighted by Gasteiger charge is -2.33. The molecule has 2 aromatic heterocycles. The van der Waals surface area contributed by atoms with Crippen LogP contribution >= 0.6 is 11.3 Å². The Kier molecular flexibility index (Phi) is 4.45. The van der Waals surface area contributed by atoms with Gasteiger partial charge in [0.1, 0.15) is 12.1 Å². The van der Waals surface area contributed by atoms with Gasteiger partial charge in [-0.25, -0.2) is 15.0 Å². The lowest BCUT2D eigenvalue weighted by molar-refractivity contribution is 0.209. The van der Waals surface area contributed by atoms with Gasteiger partial charge in [-0.1, -0.05) is 0 Å². The SMILES string of the molecule is Cc1cc(NC2CCCN(Cc3scnc3C)C2)ncn1. The van der Waals surface area contributed by atoms with Gasteiger partial charge < -0.3 is 5.32 Å². The Hall–Kier alpha value is -1.53. The zero-order chi connectivity index (χ0) is 14.7. The van der Waals surface area contributed by atoms with Gasteiger partial charge in [0, 0.05) is 35.8 Å². The largest absolute Gasteiger partial charge is 0.366 e. The van der Waals surface area contributed by atoms with E-state index in [4.69, 9.17) is 0 Å². The van der Waals surface area contributed by atoms with E-state index in [-0.39, 0.29) is 0 Å². The van der Waals surface area contributed by atoms with Crippen molar-refractivity contribution in [2.75, 3.05) is 18.4 Å². The van der Waals surface area contributed by atoms with Crippen LogP contribution in [0.2, 0.25) is 0 Å². The Labute approximate surface area is 129 Å². The highest BCUT2D eigenvalue weighted by Crippen LogP contribution is 2.20. The standard InChI is InChI=1S/C15H21N5S/c1-11-6-15(17-9-16-11)19-13-4-3-5-20(7-13)8-14-12(2)18-10-21-14/h6,9-10,13H,3-5,7-8H2,1-2H3,(H,16,17,19). The van der Waals surface area contributed by atoms with E-state index in [9.17, 15) is 0 Å². The van der Waals surface area contributed by atoms with E-state index in [1.165, 1.54) is 30.0 Å². The summed E-state index contributed by atoms with van der Waals surface area (Å²) in [5.74, 6) is 0.934. The van der Waals surface area contributed by atoms with Crippen molar-refractivity contribution in [3.8, 4) is 0 Å². The molecule has 0 aromatic carbocycles. The van der Waals surface area contributed by atoms with Gasteiger partial charge in [-0.3, -0.25) is 4.90 Å². The summed E-state index contributed by atoms with van der Waals surface area (Å²) < 4.78 is 0. The number of thiazole rings is 1. The second-order valence-electron chi connectivity index (χ2n) is 5.62. The predicted molar refractivity (Wildman–Crippen MR) is 85.5 cm³/mol. The Bertz CT molecular complexity index is 597. The van der Waals surface area contributed by atoms with E-state index < -0.39 is 0 Å². The first kappa shape index (κ1) is 14.4. The van der Waals surface area contributed by atoms with E-state index in [0.29, 0.717) is 6.04 Å². The molecule has 1 N–H and O–H groups in total. The maximum absolute atomic E-state index is 4.34. The maximum atomic E-state index is 4.34. The van der Waals surface area contributed by atoms with E-state index >= 15 is 0 Å². The number of hydrogen-bond donors (Lipinski definition) is 1. The highest BCUT2D eigenvalue weighted by molar-refractivity contribution is 7.09. The first-order valence-electron chi connectivity index (χ1n) is 7.37. The third-order valence-electron chi connectivity index (χ3n) is 3.87. The lowest BCUT2D eigenvalue weighted by Crippen LogP contribution is -2.41. The van der Waals surface area contributed by atoms with Crippen molar-refractivity contribution in [1.29, 1.82) is 0 Å². The first-order chi connectivity index (χ1) is 10.2. The number of hydrogen-bond acceptors (Lipinski definition) is 6. The van der Waals surface area contributed by atoms with Gasteiger partial charge in [0.2, 0.25) is 0 Å². The van der Waals surface area contributed by atoms with Crippen molar-refractivity contribution in [2.24, 2.45) is 0 Å². The highest BCUT2D eigenvalue weighted by Gasteiger charge is 2.21. The molecule has 1 aliphatic rings. The van der Waals surface area contributed by atoms with E-state index in [0.717, 1.165) is 24.6 Å². The van der Waals surface area contributed by atoms with Gasteiger partial charge in [-0.15, -0.1) is 11.3 Å². The minimum absolute atomic E-state index is 0.460. The molecule has 0 radical (unpaired) electrons. The molecule has 1 unspecified atom stereocenters. The third-order valence-corrected chi connectivity index (χ3v) is 4.79. The van der Waals surface area contributed by atoms with E-state index in [1.807, 2.05) is 18.5 Å². The summed E-state index contributed by atoms with van der Waals surface area (Å²) in [6.45, 7) is 7.32. The molecule has 0 aliphatic carbocycles. The number of likely N-dealkylation sites (tertiary alicyclic amines) is 1. The van der Waals surface area contributed by atoms with Crippen molar-refractivity contribution in [2.45, 2.75) is 39.3 Å². The van der Waals surface area contributed by atoms with Gasteiger partial charge in [0.15, 0.2) is 0 Å². The van der Waals surface area contributed by atoms with Crippen molar-refractivity contribution in [1.82, 2.24) is 19.9 Å². The van der Waals surface area contributed by atoms with Crippen LogP contribution in [0.15, 0.2) is 17.9 Å². The Morgan fingerprint density at radius 1 is 1.33 bits per heavy atom. The van der Waals surface area contributed by atoms with Gasteiger partial charge in [-0.05, 0) is 33.2 Å².